The minimum atomic E-state index is -0.113. The van der Waals surface area contributed by atoms with Crippen LogP contribution in [0.3, 0.4) is 0 Å². The molecule has 26 heavy (non-hydrogen) atoms. The van der Waals surface area contributed by atoms with E-state index in [4.69, 9.17) is 15.3 Å². The van der Waals surface area contributed by atoms with E-state index < -0.39 is 0 Å². The number of carbonyl (C=O) groups is 1. The maximum Gasteiger partial charge on any atom is 0.230 e. The first-order valence-electron chi connectivity index (χ1n) is 8.31. The van der Waals surface area contributed by atoms with Crippen LogP contribution in [0.25, 0.3) is 0 Å². The molecule has 9 heteroatoms. The van der Waals surface area contributed by atoms with Gasteiger partial charge in [0.05, 0.1) is 12.4 Å². The van der Waals surface area contributed by atoms with Gasteiger partial charge in [-0.3, -0.25) is 4.79 Å². The second kappa shape index (κ2) is 10.0. The van der Waals surface area contributed by atoms with Crippen molar-refractivity contribution < 1.29 is 14.3 Å². The number of ether oxygens (including phenoxy) is 2. The fraction of sp³-hybridized carbons (Fsp3) is 0.471. The van der Waals surface area contributed by atoms with E-state index in [0.717, 1.165) is 5.75 Å². The van der Waals surface area contributed by atoms with Crippen LogP contribution in [0.15, 0.2) is 29.4 Å². The molecule has 1 heterocycles. The third-order valence-electron chi connectivity index (χ3n) is 3.61. The quantitative estimate of drug-likeness (QED) is 0.367. The Morgan fingerprint density at radius 2 is 2.04 bits per heavy atom. The van der Waals surface area contributed by atoms with Crippen molar-refractivity contribution in [2.75, 3.05) is 31.9 Å². The number of aromatic nitrogens is 3. The molecule has 3 N–H and O–H groups in total. The number of hydrogen-bond acceptors (Lipinski definition) is 7. The maximum absolute atomic E-state index is 11.7. The SMILES string of the molecule is COCCNC(=O)CSc1nnc(COc2ccc(C(C)C)cc2)n1N. The minimum Gasteiger partial charge on any atom is -0.486 e. The zero-order chi connectivity index (χ0) is 18.9. The highest BCUT2D eigenvalue weighted by atomic mass is 32.2. The molecule has 0 aliphatic heterocycles. The van der Waals surface area contributed by atoms with Crippen LogP contribution < -0.4 is 15.9 Å². The smallest absolute Gasteiger partial charge is 0.230 e. The van der Waals surface area contributed by atoms with Crippen LogP contribution in [-0.4, -0.2) is 46.8 Å². The Balaban J connectivity index is 1.83. The largest absolute Gasteiger partial charge is 0.486 e. The molecule has 0 spiro atoms. The lowest BCUT2D eigenvalue weighted by atomic mass is 10.0. The van der Waals surface area contributed by atoms with Gasteiger partial charge in [0.15, 0.2) is 5.82 Å². The van der Waals surface area contributed by atoms with Crippen LogP contribution in [0.2, 0.25) is 0 Å². The van der Waals surface area contributed by atoms with Gasteiger partial charge in [-0.05, 0) is 23.6 Å². The molecule has 0 fully saturated rings. The molecule has 2 aromatic rings. The van der Waals surface area contributed by atoms with Crippen LogP contribution in [-0.2, 0) is 16.1 Å². The number of nitrogen functional groups attached to an aromatic ring is 1. The molecule has 0 atom stereocenters. The van der Waals surface area contributed by atoms with E-state index in [0.29, 0.717) is 30.1 Å². The first-order chi connectivity index (χ1) is 12.5. The molecule has 142 valence electrons. The average Bonchev–Trinajstić information content (AvgIpc) is 2.98. The molecule has 0 aliphatic carbocycles. The number of benzene rings is 1. The van der Waals surface area contributed by atoms with Gasteiger partial charge in [0, 0.05) is 13.7 Å². The lowest BCUT2D eigenvalue weighted by Gasteiger charge is -2.09. The number of amides is 1. The maximum atomic E-state index is 11.7. The molecule has 8 nitrogen and oxygen atoms in total. The molecule has 0 saturated heterocycles. The van der Waals surface area contributed by atoms with Crippen molar-refractivity contribution in [2.45, 2.75) is 31.5 Å². The Bertz CT molecular complexity index is 703. The second-order valence-corrected chi connectivity index (χ2v) is 6.86. The fourth-order valence-electron chi connectivity index (χ4n) is 2.07. The van der Waals surface area contributed by atoms with Crippen LogP contribution in [0.4, 0.5) is 0 Å². The molecular formula is C17H25N5O3S. The molecule has 0 aliphatic rings. The predicted octanol–water partition coefficient (Wildman–Crippen LogP) is 1.55. The summed E-state index contributed by atoms with van der Waals surface area (Å²) in [6.45, 7) is 5.43. The molecule has 2 rings (SSSR count). The zero-order valence-corrected chi connectivity index (χ0v) is 16.1. The van der Waals surface area contributed by atoms with Crippen LogP contribution in [0.1, 0.15) is 31.2 Å². The van der Waals surface area contributed by atoms with Gasteiger partial charge in [-0.2, -0.15) is 0 Å². The summed E-state index contributed by atoms with van der Waals surface area (Å²) >= 11 is 1.22. The summed E-state index contributed by atoms with van der Waals surface area (Å²) in [7, 11) is 1.58. The summed E-state index contributed by atoms with van der Waals surface area (Å²) in [5, 5.41) is 11.2. The van der Waals surface area contributed by atoms with Gasteiger partial charge in [0.1, 0.15) is 12.4 Å². The van der Waals surface area contributed by atoms with Gasteiger partial charge in [-0.1, -0.05) is 37.7 Å². The molecule has 0 bridgehead atoms. The number of nitrogens with two attached hydrogens (primary N) is 1. The number of methoxy groups -OCH3 is 1. The van der Waals surface area contributed by atoms with Crippen molar-refractivity contribution in [2.24, 2.45) is 0 Å². The average molecular weight is 379 g/mol. The first-order valence-corrected chi connectivity index (χ1v) is 9.30. The zero-order valence-electron chi connectivity index (χ0n) is 15.3. The standard InChI is InChI=1S/C17H25N5O3S/c1-12(2)13-4-6-14(7-5-13)25-10-15-20-21-17(22(15)18)26-11-16(23)19-8-9-24-3/h4-7,12H,8-11,18H2,1-3H3,(H,19,23). The number of nitrogens with one attached hydrogen (secondary N) is 1. The normalized spacial score (nSPS) is 10.9. The molecule has 1 aromatic carbocycles. The highest BCUT2D eigenvalue weighted by Crippen LogP contribution is 2.20. The van der Waals surface area contributed by atoms with E-state index in [2.05, 4.69) is 29.4 Å². The van der Waals surface area contributed by atoms with Gasteiger partial charge in [0.2, 0.25) is 11.1 Å². The number of rotatable bonds is 10. The van der Waals surface area contributed by atoms with Crippen molar-refractivity contribution in [3.05, 3.63) is 35.7 Å². The van der Waals surface area contributed by atoms with Gasteiger partial charge < -0.3 is 20.6 Å². The van der Waals surface area contributed by atoms with E-state index in [1.54, 1.807) is 7.11 Å². The van der Waals surface area contributed by atoms with Crippen molar-refractivity contribution in [1.29, 1.82) is 0 Å². The van der Waals surface area contributed by atoms with E-state index in [-0.39, 0.29) is 18.3 Å². The van der Waals surface area contributed by atoms with Gasteiger partial charge >= 0.3 is 0 Å². The Hall–Kier alpha value is -2.26. The number of thioether (sulfide) groups is 1. The van der Waals surface area contributed by atoms with Crippen molar-refractivity contribution >= 4 is 17.7 Å². The number of carbonyl (C=O) groups excluding carboxylic acids is 1. The van der Waals surface area contributed by atoms with Crippen molar-refractivity contribution in [1.82, 2.24) is 20.2 Å². The summed E-state index contributed by atoms with van der Waals surface area (Å²) in [6, 6.07) is 7.92. The predicted molar refractivity (Wildman–Crippen MR) is 101 cm³/mol. The van der Waals surface area contributed by atoms with Crippen LogP contribution in [0.5, 0.6) is 5.75 Å². The molecule has 1 aromatic heterocycles. The van der Waals surface area contributed by atoms with E-state index in [9.17, 15) is 4.79 Å². The van der Waals surface area contributed by atoms with E-state index in [1.807, 2.05) is 24.3 Å². The van der Waals surface area contributed by atoms with Crippen molar-refractivity contribution in [3.8, 4) is 5.75 Å². The Kier molecular flexibility index (Phi) is 7.73. The van der Waals surface area contributed by atoms with E-state index >= 15 is 0 Å². The Morgan fingerprint density at radius 1 is 1.31 bits per heavy atom. The number of nitrogens with zero attached hydrogens (tertiary/aromatic N) is 3. The van der Waals surface area contributed by atoms with Gasteiger partial charge in [0.25, 0.3) is 0 Å². The summed E-state index contributed by atoms with van der Waals surface area (Å²) in [4.78, 5) is 11.7. The topological polar surface area (TPSA) is 104 Å². The fourth-order valence-corrected chi connectivity index (χ4v) is 2.78. The minimum absolute atomic E-state index is 0.113. The molecule has 0 saturated carbocycles. The number of hydrogen-bond donors (Lipinski definition) is 2. The van der Waals surface area contributed by atoms with Gasteiger partial charge in [-0.25, -0.2) is 4.68 Å². The van der Waals surface area contributed by atoms with Crippen molar-refractivity contribution in [3.63, 3.8) is 0 Å². The monoisotopic (exact) mass is 379 g/mol. The van der Waals surface area contributed by atoms with Gasteiger partial charge in [-0.15, -0.1) is 10.2 Å². The van der Waals surface area contributed by atoms with Crippen LogP contribution in [0, 0.1) is 0 Å². The lowest BCUT2D eigenvalue weighted by Crippen LogP contribution is -2.28. The highest BCUT2D eigenvalue weighted by Gasteiger charge is 2.13. The summed E-state index contributed by atoms with van der Waals surface area (Å²) in [6.07, 6.45) is 0. The Labute approximate surface area is 157 Å². The Morgan fingerprint density at radius 3 is 2.69 bits per heavy atom. The summed E-state index contributed by atoms with van der Waals surface area (Å²) < 4.78 is 11.9. The summed E-state index contributed by atoms with van der Waals surface area (Å²) in [5.74, 6) is 7.77. The molecule has 0 unspecified atom stereocenters. The summed E-state index contributed by atoms with van der Waals surface area (Å²) in [5.41, 5.74) is 1.25. The molecule has 1 amide bonds. The van der Waals surface area contributed by atoms with Crippen LogP contribution >= 0.6 is 11.8 Å². The molecular weight excluding hydrogens is 354 g/mol. The van der Waals surface area contributed by atoms with E-state index in [1.165, 1.54) is 22.0 Å². The molecule has 0 radical (unpaired) electrons. The third kappa shape index (κ3) is 5.92. The first kappa shape index (κ1) is 20.1. The second-order valence-electron chi connectivity index (χ2n) is 5.91. The lowest BCUT2D eigenvalue weighted by molar-refractivity contribution is -0.118. The third-order valence-corrected chi connectivity index (χ3v) is 4.55. The highest BCUT2D eigenvalue weighted by molar-refractivity contribution is 7.99.